The lowest BCUT2D eigenvalue weighted by Gasteiger charge is -1.97. The van der Waals surface area contributed by atoms with E-state index in [1.54, 1.807) is 11.8 Å². The summed E-state index contributed by atoms with van der Waals surface area (Å²) >= 11 is 0. The number of methoxy groups -OCH3 is 1. The van der Waals surface area contributed by atoms with Gasteiger partial charge in [-0.1, -0.05) is 6.07 Å². The predicted molar refractivity (Wildman–Crippen MR) is 51.7 cm³/mol. The van der Waals surface area contributed by atoms with Crippen LogP contribution in [0.1, 0.15) is 0 Å². The molecule has 0 aliphatic heterocycles. The van der Waals surface area contributed by atoms with E-state index >= 15 is 0 Å². The molecular weight excluding hydrogens is 166 g/mol. The lowest BCUT2D eigenvalue weighted by Crippen LogP contribution is -1.94. The van der Waals surface area contributed by atoms with Gasteiger partial charge in [0.15, 0.2) is 0 Å². The molecule has 2 aromatic rings. The maximum atomic E-state index is 5.81. The molecule has 13 heavy (non-hydrogen) atoms. The summed E-state index contributed by atoms with van der Waals surface area (Å²) in [5.74, 6) is 0.616. The van der Waals surface area contributed by atoms with E-state index in [2.05, 4.69) is 5.10 Å². The van der Waals surface area contributed by atoms with E-state index in [-0.39, 0.29) is 0 Å². The second-order valence-corrected chi connectivity index (χ2v) is 2.88. The minimum Gasteiger partial charge on any atom is -0.479 e. The fourth-order valence-electron chi connectivity index (χ4n) is 1.49. The highest BCUT2D eigenvalue weighted by Gasteiger charge is 2.09. The molecule has 0 aliphatic carbocycles. The van der Waals surface area contributed by atoms with Gasteiger partial charge in [0, 0.05) is 7.05 Å². The van der Waals surface area contributed by atoms with Crippen molar-refractivity contribution in [3.05, 3.63) is 18.2 Å². The van der Waals surface area contributed by atoms with Crippen molar-refractivity contribution >= 4 is 16.6 Å². The Morgan fingerprint density at radius 1 is 1.46 bits per heavy atom. The van der Waals surface area contributed by atoms with Gasteiger partial charge < -0.3 is 10.5 Å². The number of nitrogens with zero attached hydrogens (tertiary/aromatic N) is 2. The Morgan fingerprint density at radius 3 is 2.92 bits per heavy atom. The van der Waals surface area contributed by atoms with Crippen LogP contribution in [0, 0.1) is 0 Å². The van der Waals surface area contributed by atoms with Crippen molar-refractivity contribution in [2.75, 3.05) is 12.8 Å². The van der Waals surface area contributed by atoms with Crippen LogP contribution in [-0.4, -0.2) is 16.9 Å². The number of aryl methyl sites for hydroxylation is 1. The van der Waals surface area contributed by atoms with E-state index in [1.165, 1.54) is 0 Å². The molecule has 2 N–H and O–H groups in total. The van der Waals surface area contributed by atoms with Gasteiger partial charge in [-0.3, -0.25) is 4.68 Å². The monoisotopic (exact) mass is 177 g/mol. The number of para-hydroxylation sites is 1. The van der Waals surface area contributed by atoms with Crippen LogP contribution < -0.4 is 10.5 Å². The molecule has 4 nitrogen and oxygen atoms in total. The van der Waals surface area contributed by atoms with Gasteiger partial charge >= 0.3 is 0 Å². The van der Waals surface area contributed by atoms with Gasteiger partial charge in [0.25, 0.3) is 0 Å². The smallest absolute Gasteiger partial charge is 0.240 e. The van der Waals surface area contributed by atoms with Gasteiger partial charge in [-0.2, -0.15) is 0 Å². The Morgan fingerprint density at radius 2 is 2.23 bits per heavy atom. The molecule has 0 spiro atoms. The highest BCUT2D eigenvalue weighted by Crippen LogP contribution is 2.27. The number of fused-ring (bicyclic) bond motifs is 1. The van der Waals surface area contributed by atoms with Crippen molar-refractivity contribution < 1.29 is 4.74 Å². The second-order valence-electron chi connectivity index (χ2n) is 2.88. The normalized spacial score (nSPS) is 10.6. The molecule has 1 aromatic heterocycles. The molecule has 0 saturated heterocycles. The molecule has 0 saturated carbocycles. The van der Waals surface area contributed by atoms with Gasteiger partial charge in [-0.15, -0.1) is 5.10 Å². The lowest BCUT2D eigenvalue weighted by atomic mass is 10.2. The maximum absolute atomic E-state index is 5.81. The predicted octanol–water partition coefficient (Wildman–Crippen LogP) is 1.16. The van der Waals surface area contributed by atoms with Crippen LogP contribution in [0.4, 0.5) is 5.69 Å². The first kappa shape index (κ1) is 7.91. The number of aromatic nitrogens is 2. The molecule has 0 amide bonds. The third-order valence-corrected chi connectivity index (χ3v) is 2.06. The Hall–Kier alpha value is -1.71. The molecule has 1 heterocycles. The zero-order chi connectivity index (χ0) is 9.42. The van der Waals surface area contributed by atoms with Crippen molar-refractivity contribution in [2.24, 2.45) is 7.05 Å². The summed E-state index contributed by atoms with van der Waals surface area (Å²) in [4.78, 5) is 0. The molecule has 0 atom stereocenters. The fourth-order valence-corrected chi connectivity index (χ4v) is 1.49. The largest absolute Gasteiger partial charge is 0.479 e. The van der Waals surface area contributed by atoms with E-state index in [4.69, 9.17) is 10.5 Å². The number of nitrogens with two attached hydrogens (primary N) is 1. The first-order valence-electron chi connectivity index (χ1n) is 3.99. The van der Waals surface area contributed by atoms with Gasteiger partial charge in [0.1, 0.15) is 0 Å². The summed E-state index contributed by atoms with van der Waals surface area (Å²) in [6.45, 7) is 0. The standard InChI is InChI=1S/C9H11N3O/c1-12-8-6(9(11-12)13-2)4-3-5-7(8)10/h3-5H,10H2,1-2H3. The van der Waals surface area contributed by atoms with Crippen LogP contribution in [0.15, 0.2) is 18.2 Å². The summed E-state index contributed by atoms with van der Waals surface area (Å²) in [6.07, 6.45) is 0. The van der Waals surface area contributed by atoms with Gasteiger partial charge in [-0.25, -0.2) is 0 Å². The first-order valence-corrected chi connectivity index (χ1v) is 3.99. The minimum absolute atomic E-state index is 0.616. The Kier molecular flexibility index (Phi) is 1.62. The molecule has 0 radical (unpaired) electrons. The first-order chi connectivity index (χ1) is 6.24. The van der Waals surface area contributed by atoms with E-state index in [1.807, 2.05) is 25.2 Å². The molecule has 68 valence electrons. The summed E-state index contributed by atoms with van der Waals surface area (Å²) in [5, 5.41) is 5.13. The summed E-state index contributed by atoms with van der Waals surface area (Å²) in [5.41, 5.74) is 7.44. The van der Waals surface area contributed by atoms with Crippen LogP contribution in [-0.2, 0) is 7.05 Å². The van der Waals surface area contributed by atoms with Gasteiger partial charge in [-0.05, 0) is 12.1 Å². The van der Waals surface area contributed by atoms with Crippen LogP contribution in [0.25, 0.3) is 10.9 Å². The number of rotatable bonds is 1. The number of anilines is 1. The summed E-state index contributed by atoms with van der Waals surface area (Å²) in [6, 6.07) is 5.68. The van der Waals surface area contributed by atoms with Crippen LogP contribution in [0.2, 0.25) is 0 Å². The van der Waals surface area contributed by atoms with E-state index < -0.39 is 0 Å². The topological polar surface area (TPSA) is 53.1 Å². The van der Waals surface area contributed by atoms with Crippen LogP contribution in [0.5, 0.6) is 5.88 Å². The zero-order valence-electron chi connectivity index (χ0n) is 7.61. The molecular formula is C9H11N3O. The van der Waals surface area contributed by atoms with Gasteiger partial charge in [0.05, 0.1) is 23.7 Å². The molecule has 0 aliphatic rings. The van der Waals surface area contributed by atoms with Crippen LogP contribution in [0.3, 0.4) is 0 Å². The van der Waals surface area contributed by atoms with Crippen LogP contribution >= 0.6 is 0 Å². The van der Waals surface area contributed by atoms with Crippen molar-refractivity contribution in [3.8, 4) is 5.88 Å². The molecule has 0 unspecified atom stereocenters. The number of benzene rings is 1. The Balaban J connectivity index is 2.87. The second kappa shape index (κ2) is 2.65. The SMILES string of the molecule is COc1nn(C)c2c(N)cccc12. The third kappa shape index (κ3) is 1.02. The maximum Gasteiger partial charge on any atom is 0.240 e. The van der Waals surface area contributed by atoms with Crippen molar-refractivity contribution in [1.82, 2.24) is 9.78 Å². The Bertz CT molecular complexity index is 447. The van der Waals surface area contributed by atoms with Gasteiger partial charge in [0.2, 0.25) is 5.88 Å². The average Bonchev–Trinajstić information content (AvgIpc) is 2.44. The molecule has 0 bridgehead atoms. The molecule has 4 heteroatoms. The highest BCUT2D eigenvalue weighted by molar-refractivity contribution is 5.93. The average molecular weight is 177 g/mol. The molecule has 2 rings (SSSR count). The highest BCUT2D eigenvalue weighted by atomic mass is 16.5. The summed E-state index contributed by atoms with van der Waals surface area (Å²) in [7, 11) is 3.45. The molecule has 0 fully saturated rings. The zero-order valence-corrected chi connectivity index (χ0v) is 7.61. The number of hydrogen-bond donors (Lipinski definition) is 1. The quantitative estimate of drug-likeness (QED) is 0.665. The number of nitrogen functional groups attached to an aromatic ring is 1. The number of ether oxygens (including phenoxy) is 1. The van der Waals surface area contributed by atoms with E-state index in [0.717, 1.165) is 16.6 Å². The molecule has 1 aromatic carbocycles. The Labute approximate surface area is 75.9 Å². The summed E-state index contributed by atoms with van der Waals surface area (Å²) < 4.78 is 6.84. The lowest BCUT2D eigenvalue weighted by molar-refractivity contribution is 0.396. The minimum atomic E-state index is 0.616. The van der Waals surface area contributed by atoms with Crippen molar-refractivity contribution in [1.29, 1.82) is 0 Å². The number of hydrogen-bond acceptors (Lipinski definition) is 3. The van der Waals surface area contributed by atoms with Crippen molar-refractivity contribution in [2.45, 2.75) is 0 Å². The third-order valence-electron chi connectivity index (χ3n) is 2.06. The van der Waals surface area contributed by atoms with Crippen molar-refractivity contribution in [3.63, 3.8) is 0 Å². The van der Waals surface area contributed by atoms with E-state index in [9.17, 15) is 0 Å². The van der Waals surface area contributed by atoms with E-state index in [0.29, 0.717) is 5.88 Å². The fraction of sp³-hybridized carbons (Fsp3) is 0.222.